The van der Waals surface area contributed by atoms with Crippen molar-refractivity contribution < 1.29 is 10.2 Å². The molecule has 0 bridgehead atoms. The Kier molecular flexibility index (Phi) is 6.22. The summed E-state index contributed by atoms with van der Waals surface area (Å²) in [7, 11) is 1.72. The lowest BCUT2D eigenvalue weighted by Crippen LogP contribution is -2.01. The monoisotopic (exact) mass is 331 g/mol. The second-order valence-electron chi connectivity index (χ2n) is 5.33. The first-order chi connectivity index (χ1) is 11.2. The van der Waals surface area contributed by atoms with Crippen LogP contribution >= 0.6 is 11.8 Å². The average molecular weight is 331 g/mol. The van der Waals surface area contributed by atoms with Gasteiger partial charge in [0.2, 0.25) is 0 Å². The van der Waals surface area contributed by atoms with Crippen LogP contribution in [0.25, 0.3) is 0 Å². The Hall–Kier alpha value is -1.81. The molecule has 0 radical (unpaired) electrons. The number of phenols is 2. The maximum Gasteiger partial charge on any atom is 0.181 e. The van der Waals surface area contributed by atoms with Crippen LogP contribution in [0.15, 0.2) is 40.1 Å². The van der Waals surface area contributed by atoms with Gasteiger partial charge in [0, 0.05) is 16.8 Å². The van der Waals surface area contributed by atoms with Crippen molar-refractivity contribution in [2.24, 2.45) is 0 Å². The largest absolute Gasteiger partial charge is 0.504 e. The van der Waals surface area contributed by atoms with Gasteiger partial charge in [-0.15, -0.1) is 0 Å². The third-order valence-corrected chi connectivity index (χ3v) is 4.85. The smallest absolute Gasteiger partial charge is 0.181 e. The second-order valence-corrected chi connectivity index (χ2v) is 6.48. The van der Waals surface area contributed by atoms with Gasteiger partial charge in [-0.1, -0.05) is 31.7 Å². The lowest BCUT2D eigenvalue weighted by atomic mass is 9.92. The van der Waals surface area contributed by atoms with Gasteiger partial charge in [-0.05, 0) is 61.1 Å². The number of aromatic hydroxyl groups is 2. The van der Waals surface area contributed by atoms with Crippen molar-refractivity contribution in [3.05, 3.63) is 41.5 Å². The van der Waals surface area contributed by atoms with E-state index in [-0.39, 0.29) is 11.5 Å². The van der Waals surface area contributed by atoms with Crippen molar-refractivity contribution in [1.29, 1.82) is 0 Å². The molecular formula is C19H25NO2S. The van der Waals surface area contributed by atoms with Gasteiger partial charge in [-0.2, -0.15) is 0 Å². The van der Waals surface area contributed by atoms with Crippen molar-refractivity contribution >= 4 is 17.4 Å². The molecule has 124 valence electrons. The van der Waals surface area contributed by atoms with E-state index in [1.54, 1.807) is 24.9 Å². The van der Waals surface area contributed by atoms with Crippen LogP contribution in [-0.4, -0.2) is 17.3 Å². The molecule has 0 heterocycles. The summed E-state index contributed by atoms with van der Waals surface area (Å²) in [5.74, 6) is -0.199. The minimum absolute atomic E-state index is 0.0951. The van der Waals surface area contributed by atoms with Crippen molar-refractivity contribution in [2.45, 2.75) is 49.3 Å². The molecule has 1 aliphatic carbocycles. The Balaban J connectivity index is 0.000000924. The molecule has 0 amide bonds. The molecule has 0 aromatic heterocycles. The van der Waals surface area contributed by atoms with Crippen LogP contribution in [0, 0.1) is 0 Å². The third-order valence-electron chi connectivity index (χ3n) is 3.89. The van der Waals surface area contributed by atoms with E-state index in [9.17, 15) is 10.2 Å². The first-order valence-electron chi connectivity index (χ1n) is 8.21. The summed E-state index contributed by atoms with van der Waals surface area (Å²) in [6.07, 6.45) is 4.90. The van der Waals surface area contributed by atoms with Crippen LogP contribution in [0.5, 0.6) is 11.5 Å². The summed E-state index contributed by atoms with van der Waals surface area (Å²) in [4.78, 5) is 2.08. The number of anilines is 1. The number of phenolic OH excluding ortho intramolecular Hbond substituents is 2. The van der Waals surface area contributed by atoms with Gasteiger partial charge < -0.3 is 15.5 Å². The van der Waals surface area contributed by atoms with Crippen LogP contribution in [0.2, 0.25) is 0 Å². The predicted octanol–water partition coefficient (Wildman–Crippen LogP) is 5.20. The highest BCUT2D eigenvalue weighted by atomic mass is 32.2. The zero-order chi connectivity index (χ0) is 16.8. The van der Waals surface area contributed by atoms with Crippen LogP contribution < -0.4 is 5.32 Å². The Labute approximate surface area is 142 Å². The number of hydrogen-bond donors (Lipinski definition) is 3. The second kappa shape index (κ2) is 8.16. The van der Waals surface area contributed by atoms with Gasteiger partial charge in [0.25, 0.3) is 0 Å². The molecule has 0 atom stereocenters. The summed E-state index contributed by atoms with van der Waals surface area (Å²) in [6, 6.07) is 10.1. The van der Waals surface area contributed by atoms with Gasteiger partial charge in [0.1, 0.15) is 0 Å². The molecule has 1 aliphatic rings. The van der Waals surface area contributed by atoms with Gasteiger partial charge in [0.15, 0.2) is 11.5 Å². The van der Waals surface area contributed by atoms with Crippen LogP contribution in [0.1, 0.15) is 37.8 Å². The van der Waals surface area contributed by atoms with Gasteiger partial charge in [0.05, 0.1) is 5.69 Å². The summed E-state index contributed by atoms with van der Waals surface area (Å²) in [5, 5.41) is 22.4. The topological polar surface area (TPSA) is 52.5 Å². The Morgan fingerprint density at radius 3 is 2.30 bits per heavy atom. The van der Waals surface area contributed by atoms with E-state index in [0.717, 1.165) is 11.3 Å². The lowest BCUT2D eigenvalue weighted by molar-refractivity contribution is 0.404. The summed E-state index contributed by atoms with van der Waals surface area (Å²) in [6.45, 7) is 4.00. The van der Waals surface area contributed by atoms with E-state index in [1.807, 2.05) is 19.9 Å². The predicted molar refractivity (Wildman–Crippen MR) is 97.9 cm³/mol. The van der Waals surface area contributed by atoms with Gasteiger partial charge >= 0.3 is 0 Å². The number of hydrogen-bond acceptors (Lipinski definition) is 4. The fourth-order valence-electron chi connectivity index (χ4n) is 2.75. The summed E-state index contributed by atoms with van der Waals surface area (Å²) >= 11 is 1.60. The van der Waals surface area contributed by atoms with E-state index in [1.165, 1.54) is 35.3 Å². The van der Waals surface area contributed by atoms with E-state index in [0.29, 0.717) is 5.69 Å². The van der Waals surface area contributed by atoms with Crippen molar-refractivity contribution in [2.75, 3.05) is 12.4 Å². The molecule has 2 aromatic rings. The van der Waals surface area contributed by atoms with Crippen LogP contribution in [-0.2, 0) is 12.8 Å². The highest BCUT2D eigenvalue weighted by Gasteiger charge is 2.12. The van der Waals surface area contributed by atoms with E-state index < -0.39 is 0 Å². The molecular weight excluding hydrogens is 306 g/mol. The molecule has 3 rings (SSSR count). The normalized spacial score (nSPS) is 12.8. The number of nitrogens with one attached hydrogen (secondary N) is 1. The highest BCUT2D eigenvalue weighted by molar-refractivity contribution is 7.99. The van der Waals surface area contributed by atoms with E-state index in [2.05, 4.69) is 23.5 Å². The SMILES string of the molecule is CC.CNc1cc(Sc2ccc3c(c2)CCCC3)cc(O)c1O. The maximum absolute atomic E-state index is 9.78. The molecule has 0 unspecified atom stereocenters. The zero-order valence-corrected chi connectivity index (χ0v) is 14.8. The Morgan fingerprint density at radius 1 is 0.913 bits per heavy atom. The zero-order valence-electron chi connectivity index (χ0n) is 14.0. The highest BCUT2D eigenvalue weighted by Crippen LogP contribution is 2.40. The maximum atomic E-state index is 9.78. The summed E-state index contributed by atoms with van der Waals surface area (Å²) < 4.78 is 0. The molecule has 3 N–H and O–H groups in total. The van der Waals surface area contributed by atoms with E-state index in [4.69, 9.17) is 0 Å². The molecule has 4 heteroatoms. The van der Waals surface area contributed by atoms with Crippen LogP contribution in [0.3, 0.4) is 0 Å². The Morgan fingerprint density at radius 2 is 1.61 bits per heavy atom. The Bertz CT molecular complexity index is 671. The fourth-order valence-corrected chi connectivity index (χ4v) is 3.71. The van der Waals surface area contributed by atoms with Crippen LogP contribution in [0.4, 0.5) is 5.69 Å². The number of rotatable bonds is 3. The lowest BCUT2D eigenvalue weighted by Gasteiger charge is -2.16. The van der Waals surface area contributed by atoms with Crippen molar-refractivity contribution in [1.82, 2.24) is 0 Å². The fraction of sp³-hybridized carbons (Fsp3) is 0.368. The average Bonchev–Trinajstić information content (AvgIpc) is 2.59. The number of fused-ring (bicyclic) bond motifs is 1. The standard InChI is InChI=1S/C17H19NO2S.C2H6/c1-18-15-9-14(10-16(19)17(15)20)21-13-7-6-11-4-2-3-5-12(11)8-13;1-2/h6-10,18-20H,2-5H2,1H3;1-2H3. The molecule has 0 fully saturated rings. The van der Waals surface area contributed by atoms with Gasteiger partial charge in [-0.3, -0.25) is 0 Å². The molecule has 23 heavy (non-hydrogen) atoms. The third kappa shape index (κ3) is 4.14. The van der Waals surface area contributed by atoms with Crippen molar-refractivity contribution in [3.8, 4) is 11.5 Å². The molecule has 0 saturated heterocycles. The molecule has 0 aliphatic heterocycles. The number of aryl methyl sites for hydroxylation is 2. The molecule has 3 nitrogen and oxygen atoms in total. The number of benzene rings is 2. The van der Waals surface area contributed by atoms with Crippen molar-refractivity contribution in [3.63, 3.8) is 0 Å². The summed E-state index contributed by atoms with van der Waals surface area (Å²) in [5.41, 5.74) is 3.45. The minimum atomic E-state index is -0.104. The first kappa shape index (κ1) is 17.5. The van der Waals surface area contributed by atoms with E-state index >= 15 is 0 Å². The molecule has 0 spiro atoms. The van der Waals surface area contributed by atoms with Gasteiger partial charge in [-0.25, -0.2) is 0 Å². The molecule has 2 aromatic carbocycles. The molecule has 0 saturated carbocycles. The minimum Gasteiger partial charge on any atom is -0.504 e. The first-order valence-corrected chi connectivity index (χ1v) is 9.02. The quantitative estimate of drug-likeness (QED) is 0.677.